The highest BCUT2D eigenvalue weighted by Gasteiger charge is 2.60. The molecule has 1 saturated heterocycles. The second kappa shape index (κ2) is 4.31. The molecule has 1 amide bonds. The van der Waals surface area contributed by atoms with Crippen LogP contribution in [0.2, 0.25) is 0 Å². The molecule has 1 spiro atoms. The van der Waals surface area contributed by atoms with E-state index in [4.69, 9.17) is 0 Å². The summed E-state index contributed by atoms with van der Waals surface area (Å²) in [7, 11) is 0. The van der Waals surface area contributed by atoms with Crippen LogP contribution in [0.5, 0.6) is 0 Å². The first kappa shape index (κ1) is 12.8. The normalized spacial score (nSPS) is 29.8. The van der Waals surface area contributed by atoms with Gasteiger partial charge in [-0.25, -0.2) is 0 Å². The Bertz CT molecular complexity index is 511. The molecule has 4 heteroatoms. The SMILES string of the molecule is CCC1(CN2C(=O)C3(CC3)NC2c2ccsc2)CCC1. The summed E-state index contributed by atoms with van der Waals surface area (Å²) < 4.78 is 0. The standard InChI is InChI=1S/C16H22N2OS/c1-2-15(5-3-6-15)11-18-13(12-4-9-20-10-12)17-16(7-8-16)14(18)19/h4,9-10,13,17H,2-3,5-8,11H2,1H3. The van der Waals surface area contributed by atoms with E-state index in [0.717, 1.165) is 19.4 Å². The third-order valence-electron chi connectivity index (χ3n) is 5.67. The third-order valence-corrected chi connectivity index (χ3v) is 6.38. The number of thiophene rings is 1. The highest BCUT2D eigenvalue weighted by atomic mass is 32.1. The lowest BCUT2D eigenvalue weighted by Gasteiger charge is -2.45. The zero-order valence-electron chi connectivity index (χ0n) is 12.0. The Balaban J connectivity index is 1.62. The molecule has 2 aliphatic carbocycles. The fourth-order valence-electron chi connectivity index (χ4n) is 3.80. The van der Waals surface area contributed by atoms with Gasteiger partial charge in [-0.15, -0.1) is 0 Å². The number of hydrogen-bond donors (Lipinski definition) is 1. The molecular weight excluding hydrogens is 268 g/mol. The van der Waals surface area contributed by atoms with E-state index in [9.17, 15) is 4.79 Å². The van der Waals surface area contributed by atoms with Crippen molar-refractivity contribution in [1.29, 1.82) is 0 Å². The number of amides is 1. The van der Waals surface area contributed by atoms with E-state index >= 15 is 0 Å². The number of carbonyl (C=O) groups excluding carboxylic acids is 1. The lowest BCUT2D eigenvalue weighted by molar-refractivity contribution is -0.133. The molecule has 20 heavy (non-hydrogen) atoms. The predicted octanol–water partition coefficient (Wildman–Crippen LogP) is 3.29. The van der Waals surface area contributed by atoms with Crippen LogP contribution in [0.3, 0.4) is 0 Å². The van der Waals surface area contributed by atoms with Gasteiger partial charge in [-0.05, 0) is 59.9 Å². The van der Waals surface area contributed by atoms with Crippen LogP contribution in [0.1, 0.15) is 57.2 Å². The molecule has 1 N–H and O–H groups in total. The molecule has 108 valence electrons. The Hall–Kier alpha value is -0.870. The lowest BCUT2D eigenvalue weighted by atomic mass is 9.66. The first-order valence-electron chi connectivity index (χ1n) is 7.79. The quantitative estimate of drug-likeness (QED) is 0.923. The Morgan fingerprint density at radius 1 is 1.40 bits per heavy atom. The number of rotatable bonds is 4. The van der Waals surface area contributed by atoms with Gasteiger partial charge < -0.3 is 4.90 Å². The highest BCUT2D eigenvalue weighted by molar-refractivity contribution is 7.07. The van der Waals surface area contributed by atoms with Crippen LogP contribution in [-0.4, -0.2) is 22.9 Å². The molecule has 0 bridgehead atoms. The topological polar surface area (TPSA) is 32.3 Å². The maximum atomic E-state index is 12.8. The molecule has 3 fully saturated rings. The van der Waals surface area contributed by atoms with Gasteiger partial charge in [-0.1, -0.05) is 13.3 Å². The first-order valence-corrected chi connectivity index (χ1v) is 8.73. The van der Waals surface area contributed by atoms with Crippen molar-refractivity contribution >= 4 is 17.2 Å². The first-order chi connectivity index (χ1) is 9.68. The fraction of sp³-hybridized carbons (Fsp3) is 0.688. The molecule has 1 aromatic rings. The van der Waals surface area contributed by atoms with Crippen molar-refractivity contribution in [1.82, 2.24) is 10.2 Å². The van der Waals surface area contributed by atoms with Gasteiger partial charge in [0.15, 0.2) is 0 Å². The molecule has 4 rings (SSSR count). The molecular formula is C16H22N2OS. The van der Waals surface area contributed by atoms with Gasteiger partial charge in [0, 0.05) is 6.54 Å². The van der Waals surface area contributed by atoms with Gasteiger partial charge in [0.2, 0.25) is 5.91 Å². The maximum Gasteiger partial charge on any atom is 0.244 e. The van der Waals surface area contributed by atoms with Crippen LogP contribution < -0.4 is 5.32 Å². The minimum atomic E-state index is -0.203. The Morgan fingerprint density at radius 3 is 2.70 bits per heavy atom. The molecule has 2 heterocycles. The van der Waals surface area contributed by atoms with E-state index in [2.05, 4.69) is 34.0 Å². The molecule has 3 nitrogen and oxygen atoms in total. The summed E-state index contributed by atoms with van der Waals surface area (Å²) in [4.78, 5) is 14.9. The third kappa shape index (κ3) is 1.77. The van der Waals surface area contributed by atoms with Gasteiger partial charge in [-0.2, -0.15) is 11.3 Å². The van der Waals surface area contributed by atoms with Crippen molar-refractivity contribution in [2.45, 2.75) is 57.2 Å². The second-order valence-electron chi connectivity index (χ2n) is 6.83. The van der Waals surface area contributed by atoms with Crippen molar-refractivity contribution in [3.63, 3.8) is 0 Å². The summed E-state index contributed by atoms with van der Waals surface area (Å²) in [5.41, 5.74) is 1.45. The van der Waals surface area contributed by atoms with Crippen LogP contribution in [0.4, 0.5) is 0 Å². The van der Waals surface area contributed by atoms with Gasteiger partial charge in [0.25, 0.3) is 0 Å². The zero-order valence-corrected chi connectivity index (χ0v) is 12.8. The highest BCUT2D eigenvalue weighted by Crippen LogP contribution is 2.50. The molecule has 2 saturated carbocycles. The van der Waals surface area contributed by atoms with Gasteiger partial charge >= 0.3 is 0 Å². The molecule has 1 aromatic heterocycles. The average molecular weight is 290 g/mol. The molecule has 0 aromatic carbocycles. The Labute approximate surface area is 124 Å². The van der Waals surface area contributed by atoms with E-state index in [1.165, 1.54) is 31.2 Å². The molecule has 0 radical (unpaired) electrons. The molecule has 1 unspecified atom stereocenters. The fourth-order valence-corrected chi connectivity index (χ4v) is 4.47. The lowest BCUT2D eigenvalue weighted by Crippen LogP contribution is -2.44. The largest absolute Gasteiger partial charge is 0.321 e. The minimum absolute atomic E-state index is 0.111. The van der Waals surface area contributed by atoms with E-state index < -0.39 is 0 Å². The van der Waals surface area contributed by atoms with Crippen molar-refractivity contribution in [3.8, 4) is 0 Å². The minimum Gasteiger partial charge on any atom is -0.321 e. The summed E-state index contributed by atoms with van der Waals surface area (Å²) in [5, 5.41) is 7.91. The zero-order chi connectivity index (χ0) is 13.8. The molecule has 1 atom stereocenters. The summed E-state index contributed by atoms with van der Waals surface area (Å²) >= 11 is 1.72. The predicted molar refractivity (Wildman–Crippen MR) is 80.4 cm³/mol. The Kier molecular flexibility index (Phi) is 2.77. The Morgan fingerprint density at radius 2 is 2.20 bits per heavy atom. The number of nitrogens with one attached hydrogen (secondary N) is 1. The molecule has 3 aliphatic rings. The molecule has 1 aliphatic heterocycles. The van der Waals surface area contributed by atoms with Crippen LogP contribution in [0.25, 0.3) is 0 Å². The summed E-state index contributed by atoms with van der Waals surface area (Å²) in [5.74, 6) is 0.355. The van der Waals surface area contributed by atoms with Crippen LogP contribution >= 0.6 is 11.3 Å². The van der Waals surface area contributed by atoms with E-state index in [1.54, 1.807) is 11.3 Å². The number of carbonyl (C=O) groups is 1. The van der Waals surface area contributed by atoms with E-state index in [0.29, 0.717) is 11.3 Å². The summed E-state index contributed by atoms with van der Waals surface area (Å²) in [6.07, 6.45) is 7.25. The number of nitrogens with zero attached hydrogens (tertiary/aromatic N) is 1. The van der Waals surface area contributed by atoms with Gasteiger partial charge in [-0.3, -0.25) is 10.1 Å². The van der Waals surface area contributed by atoms with Crippen molar-refractivity contribution in [3.05, 3.63) is 22.4 Å². The van der Waals surface area contributed by atoms with E-state index in [-0.39, 0.29) is 11.7 Å². The van der Waals surface area contributed by atoms with Crippen molar-refractivity contribution in [2.75, 3.05) is 6.54 Å². The van der Waals surface area contributed by atoms with Crippen molar-refractivity contribution in [2.24, 2.45) is 5.41 Å². The summed E-state index contributed by atoms with van der Waals surface area (Å²) in [6.45, 7) is 3.22. The average Bonchev–Trinajstić information content (AvgIpc) is 2.90. The maximum absolute atomic E-state index is 12.8. The summed E-state index contributed by atoms with van der Waals surface area (Å²) in [6, 6.07) is 2.16. The number of hydrogen-bond acceptors (Lipinski definition) is 3. The van der Waals surface area contributed by atoms with Gasteiger partial charge in [0.1, 0.15) is 11.7 Å². The monoisotopic (exact) mass is 290 g/mol. The van der Waals surface area contributed by atoms with Gasteiger partial charge in [0.05, 0.1) is 0 Å². The second-order valence-corrected chi connectivity index (χ2v) is 7.61. The van der Waals surface area contributed by atoms with E-state index in [1.807, 2.05) is 0 Å². The van der Waals surface area contributed by atoms with Crippen LogP contribution in [0, 0.1) is 5.41 Å². The van der Waals surface area contributed by atoms with Crippen molar-refractivity contribution < 1.29 is 4.79 Å². The smallest absolute Gasteiger partial charge is 0.244 e. The van der Waals surface area contributed by atoms with Crippen LogP contribution in [0.15, 0.2) is 16.8 Å². The van der Waals surface area contributed by atoms with Crippen LogP contribution in [-0.2, 0) is 4.79 Å².